The molecule has 0 spiro atoms. The zero-order valence-corrected chi connectivity index (χ0v) is 18.9. The van der Waals surface area contributed by atoms with Crippen molar-refractivity contribution >= 4 is 46.3 Å². The lowest BCUT2D eigenvalue weighted by atomic mass is 9.73. The Hall–Kier alpha value is -2.81. The van der Waals surface area contributed by atoms with E-state index in [9.17, 15) is 14.9 Å². The Morgan fingerprint density at radius 1 is 1.23 bits per heavy atom. The van der Waals surface area contributed by atoms with Gasteiger partial charge >= 0.3 is 0 Å². The highest BCUT2D eigenvalue weighted by molar-refractivity contribution is 6.35. The van der Waals surface area contributed by atoms with Crippen LogP contribution < -0.4 is 10.2 Å². The van der Waals surface area contributed by atoms with Crippen LogP contribution in [0.1, 0.15) is 50.8 Å². The lowest BCUT2D eigenvalue weighted by molar-refractivity contribution is -0.118. The van der Waals surface area contributed by atoms with E-state index in [4.69, 9.17) is 23.2 Å². The molecule has 0 saturated carbocycles. The van der Waals surface area contributed by atoms with E-state index in [-0.39, 0.29) is 17.1 Å². The number of carbonyl (C=O) groups is 2. The molecule has 5 nitrogen and oxygen atoms in total. The van der Waals surface area contributed by atoms with Crippen molar-refractivity contribution in [1.82, 2.24) is 0 Å². The molecule has 1 amide bonds. The zero-order chi connectivity index (χ0) is 22.5. The minimum atomic E-state index is -0.733. The standard InChI is InChI=1S/C24H21Cl2N3O2/c1-13(30)29-19-6-4-5-14(12-27)22(19)28-18-10-24(2,3)11-20(31)21(18)23(29)16-8-7-15(25)9-17(16)26/h4-9,23,28H,10-11H2,1-3H3. The van der Waals surface area contributed by atoms with Crippen LogP contribution >= 0.6 is 23.2 Å². The van der Waals surface area contributed by atoms with Gasteiger partial charge < -0.3 is 5.32 Å². The van der Waals surface area contributed by atoms with Crippen LogP contribution in [0.15, 0.2) is 47.7 Å². The van der Waals surface area contributed by atoms with E-state index in [2.05, 4.69) is 11.4 Å². The summed E-state index contributed by atoms with van der Waals surface area (Å²) in [5.41, 5.74) is 3.01. The number of hydrogen-bond donors (Lipinski definition) is 1. The Kier molecular flexibility index (Phi) is 5.33. The molecule has 1 atom stereocenters. The normalized spacial score (nSPS) is 19.7. The van der Waals surface area contributed by atoms with Crippen LogP contribution in [0.2, 0.25) is 10.0 Å². The molecule has 31 heavy (non-hydrogen) atoms. The number of allylic oxidation sites excluding steroid dienone is 1. The number of nitrogens with one attached hydrogen (secondary N) is 1. The van der Waals surface area contributed by atoms with Gasteiger partial charge in [-0.25, -0.2) is 0 Å². The number of anilines is 2. The van der Waals surface area contributed by atoms with Crippen molar-refractivity contribution in [3.8, 4) is 6.07 Å². The molecule has 2 aliphatic rings. The summed E-state index contributed by atoms with van der Waals surface area (Å²) in [6, 6.07) is 11.7. The largest absolute Gasteiger partial charge is 0.356 e. The molecular weight excluding hydrogens is 433 g/mol. The molecular formula is C24H21Cl2N3O2. The van der Waals surface area contributed by atoms with Gasteiger partial charge in [0.1, 0.15) is 6.07 Å². The number of para-hydroxylation sites is 1. The highest BCUT2D eigenvalue weighted by Crippen LogP contribution is 2.50. The SMILES string of the molecule is CC(=O)N1c2cccc(C#N)c2NC2=C(C(=O)CC(C)(C)C2)C1c1ccc(Cl)cc1Cl. The second kappa shape index (κ2) is 7.71. The van der Waals surface area contributed by atoms with Gasteiger partial charge in [-0.15, -0.1) is 0 Å². The Balaban J connectivity index is 2.08. The van der Waals surface area contributed by atoms with E-state index in [1.54, 1.807) is 41.3 Å². The van der Waals surface area contributed by atoms with Gasteiger partial charge in [0.15, 0.2) is 5.78 Å². The topological polar surface area (TPSA) is 73.2 Å². The van der Waals surface area contributed by atoms with Crippen molar-refractivity contribution in [3.05, 3.63) is 68.8 Å². The van der Waals surface area contributed by atoms with Crippen molar-refractivity contribution in [1.29, 1.82) is 5.26 Å². The van der Waals surface area contributed by atoms with Crippen molar-refractivity contribution < 1.29 is 9.59 Å². The van der Waals surface area contributed by atoms with E-state index in [0.717, 1.165) is 0 Å². The lowest BCUT2D eigenvalue weighted by Gasteiger charge is -2.37. The Morgan fingerprint density at radius 3 is 2.61 bits per heavy atom. The summed E-state index contributed by atoms with van der Waals surface area (Å²) in [5, 5.41) is 13.9. The van der Waals surface area contributed by atoms with Crippen molar-refractivity contribution in [2.75, 3.05) is 10.2 Å². The van der Waals surface area contributed by atoms with E-state index in [0.29, 0.717) is 56.7 Å². The number of hydrogen-bond acceptors (Lipinski definition) is 4. The maximum Gasteiger partial charge on any atom is 0.224 e. The summed E-state index contributed by atoms with van der Waals surface area (Å²) in [6.07, 6.45) is 0.948. The molecule has 7 heteroatoms. The highest BCUT2D eigenvalue weighted by Gasteiger charge is 2.43. The minimum Gasteiger partial charge on any atom is -0.356 e. The number of fused-ring (bicyclic) bond motifs is 1. The third kappa shape index (κ3) is 3.71. The smallest absolute Gasteiger partial charge is 0.224 e. The molecule has 0 bridgehead atoms. The number of amides is 1. The fourth-order valence-corrected chi connectivity index (χ4v) is 5.03. The van der Waals surface area contributed by atoms with Gasteiger partial charge in [-0.3, -0.25) is 14.5 Å². The van der Waals surface area contributed by atoms with E-state index in [1.807, 2.05) is 13.8 Å². The molecule has 0 fully saturated rings. The summed E-state index contributed by atoms with van der Waals surface area (Å²) in [6.45, 7) is 5.51. The highest BCUT2D eigenvalue weighted by atomic mass is 35.5. The van der Waals surface area contributed by atoms with Crippen molar-refractivity contribution in [2.45, 2.75) is 39.7 Å². The minimum absolute atomic E-state index is 0.0488. The predicted molar refractivity (Wildman–Crippen MR) is 122 cm³/mol. The quantitative estimate of drug-likeness (QED) is 0.571. The first-order valence-electron chi connectivity index (χ1n) is 9.94. The van der Waals surface area contributed by atoms with Crippen LogP contribution in [-0.4, -0.2) is 11.7 Å². The van der Waals surface area contributed by atoms with E-state index >= 15 is 0 Å². The number of benzene rings is 2. The Labute approximate surface area is 191 Å². The lowest BCUT2D eigenvalue weighted by Crippen LogP contribution is -2.38. The first-order chi connectivity index (χ1) is 14.6. The van der Waals surface area contributed by atoms with E-state index in [1.165, 1.54) is 6.92 Å². The molecule has 1 heterocycles. The van der Waals surface area contributed by atoms with Gasteiger partial charge in [0.25, 0.3) is 0 Å². The third-order valence-corrected chi connectivity index (χ3v) is 6.31. The fourth-order valence-electron chi connectivity index (χ4n) is 4.52. The first-order valence-corrected chi connectivity index (χ1v) is 10.7. The molecule has 2 aromatic rings. The van der Waals surface area contributed by atoms with Gasteiger partial charge in [0.2, 0.25) is 5.91 Å². The maximum atomic E-state index is 13.5. The third-order valence-electron chi connectivity index (χ3n) is 5.75. The average Bonchev–Trinajstić information content (AvgIpc) is 2.81. The summed E-state index contributed by atoms with van der Waals surface area (Å²) < 4.78 is 0. The number of nitriles is 1. The molecule has 0 saturated heterocycles. The van der Waals surface area contributed by atoms with Crippen LogP contribution in [0.3, 0.4) is 0 Å². The van der Waals surface area contributed by atoms with Crippen molar-refractivity contribution in [2.24, 2.45) is 5.41 Å². The molecule has 0 radical (unpaired) electrons. The first kappa shape index (κ1) is 21.4. The van der Waals surface area contributed by atoms with Crippen LogP contribution in [0.4, 0.5) is 11.4 Å². The Bertz CT molecular complexity index is 1190. The zero-order valence-electron chi connectivity index (χ0n) is 17.4. The number of ketones is 1. The van der Waals surface area contributed by atoms with Gasteiger partial charge in [-0.1, -0.05) is 49.2 Å². The molecule has 1 unspecified atom stereocenters. The Morgan fingerprint density at radius 2 is 1.97 bits per heavy atom. The average molecular weight is 454 g/mol. The molecule has 158 valence electrons. The summed E-state index contributed by atoms with van der Waals surface area (Å²) >= 11 is 12.7. The van der Waals surface area contributed by atoms with Crippen LogP contribution in [0.5, 0.6) is 0 Å². The molecule has 2 aromatic carbocycles. The monoisotopic (exact) mass is 453 g/mol. The van der Waals surface area contributed by atoms with E-state index < -0.39 is 6.04 Å². The number of nitrogens with zero attached hydrogens (tertiary/aromatic N) is 2. The number of carbonyl (C=O) groups excluding carboxylic acids is 2. The van der Waals surface area contributed by atoms with Gasteiger partial charge in [0, 0.05) is 34.7 Å². The van der Waals surface area contributed by atoms with Crippen LogP contribution in [0, 0.1) is 16.7 Å². The van der Waals surface area contributed by atoms with Crippen LogP contribution in [-0.2, 0) is 9.59 Å². The number of Topliss-reactive ketones (excluding diaryl/α,β-unsaturated/α-hetero) is 1. The second-order valence-corrected chi connectivity index (χ2v) is 9.57. The van der Waals surface area contributed by atoms with Gasteiger partial charge in [0.05, 0.1) is 23.0 Å². The van der Waals surface area contributed by atoms with Crippen molar-refractivity contribution in [3.63, 3.8) is 0 Å². The molecule has 1 N–H and O–H groups in total. The van der Waals surface area contributed by atoms with Gasteiger partial charge in [-0.05, 0) is 41.7 Å². The second-order valence-electron chi connectivity index (χ2n) is 8.73. The van der Waals surface area contributed by atoms with Crippen LogP contribution in [0.25, 0.3) is 0 Å². The number of halogens is 2. The number of rotatable bonds is 1. The summed E-state index contributed by atoms with van der Waals surface area (Å²) in [4.78, 5) is 28.0. The summed E-state index contributed by atoms with van der Waals surface area (Å²) in [5.74, 6) is -0.312. The van der Waals surface area contributed by atoms with Gasteiger partial charge in [-0.2, -0.15) is 5.26 Å². The molecule has 4 rings (SSSR count). The molecule has 0 aromatic heterocycles. The molecule has 1 aliphatic heterocycles. The summed E-state index contributed by atoms with van der Waals surface area (Å²) in [7, 11) is 0. The fraction of sp³-hybridized carbons (Fsp3) is 0.292. The maximum absolute atomic E-state index is 13.5. The molecule has 1 aliphatic carbocycles. The predicted octanol–water partition coefficient (Wildman–Crippen LogP) is 6.03.